The number of ether oxygens (including phenoxy) is 1. The molecule has 21 heavy (non-hydrogen) atoms. The lowest BCUT2D eigenvalue weighted by Gasteiger charge is -2.16. The fraction of sp³-hybridized carbons (Fsp3) is 0.467. The molecule has 6 nitrogen and oxygen atoms in total. The number of aliphatic carboxylic acids is 1. The van der Waals surface area contributed by atoms with E-state index in [0.29, 0.717) is 6.54 Å². The highest BCUT2D eigenvalue weighted by molar-refractivity contribution is 5.82. The molecule has 0 radical (unpaired) electrons. The molecule has 0 aliphatic carbocycles. The molecule has 1 fully saturated rings. The Kier molecular flexibility index (Phi) is 5.57. The monoisotopic (exact) mass is 292 g/mol. The molecule has 6 heteroatoms. The normalized spacial score (nSPS) is 19.0. The highest BCUT2D eigenvalue weighted by atomic mass is 16.5. The lowest BCUT2D eigenvalue weighted by Crippen LogP contribution is -2.48. The summed E-state index contributed by atoms with van der Waals surface area (Å²) in [6.45, 7) is 1.13. The van der Waals surface area contributed by atoms with Crippen LogP contribution in [0.3, 0.4) is 0 Å². The summed E-state index contributed by atoms with van der Waals surface area (Å²) in [4.78, 5) is 23.0. The van der Waals surface area contributed by atoms with E-state index in [1.807, 2.05) is 30.3 Å². The van der Waals surface area contributed by atoms with Crippen LogP contribution in [0.1, 0.15) is 18.4 Å². The number of amides is 2. The molecule has 1 aromatic rings. The van der Waals surface area contributed by atoms with Crippen LogP contribution in [0.15, 0.2) is 30.3 Å². The maximum atomic E-state index is 11.8. The number of rotatable bonds is 6. The number of hydrogen-bond acceptors (Lipinski definition) is 3. The molecule has 1 saturated heterocycles. The molecule has 3 N–H and O–H groups in total. The molecular weight excluding hydrogens is 272 g/mol. The molecule has 0 aromatic heterocycles. The number of carbonyl (C=O) groups is 2. The smallest absolute Gasteiger partial charge is 0.326 e. The van der Waals surface area contributed by atoms with Gasteiger partial charge in [0.25, 0.3) is 0 Å². The van der Waals surface area contributed by atoms with Gasteiger partial charge in [-0.3, -0.25) is 0 Å². The molecule has 0 spiro atoms. The van der Waals surface area contributed by atoms with Gasteiger partial charge in [0.15, 0.2) is 0 Å². The summed E-state index contributed by atoms with van der Waals surface area (Å²) in [5.41, 5.74) is 0.865. The minimum absolute atomic E-state index is 0.0353. The zero-order chi connectivity index (χ0) is 15.1. The van der Waals surface area contributed by atoms with Crippen LogP contribution in [-0.2, 0) is 16.0 Å². The van der Waals surface area contributed by atoms with Gasteiger partial charge in [0.2, 0.25) is 0 Å². The Balaban J connectivity index is 1.81. The first kappa shape index (κ1) is 15.3. The third-order valence-electron chi connectivity index (χ3n) is 3.40. The third-order valence-corrected chi connectivity index (χ3v) is 3.40. The van der Waals surface area contributed by atoms with Crippen LogP contribution in [0.25, 0.3) is 0 Å². The van der Waals surface area contributed by atoms with Gasteiger partial charge in [0.05, 0.1) is 6.10 Å². The van der Waals surface area contributed by atoms with Crippen LogP contribution in [0.4, 0.5) is 4.79 Å². The first-order valence-electron chi connectivity index (χ1n) is 7.08. The van der Waals surface area contributed by atoms with Gasteiger partial charge in [0, 0.05) is 19.6 Å². The predicted octanol–water partition coefficient (Wildman–Crippen LogP) is 1.16. The Morgan fingerprint density at radius 1 is 1.33 bits per heavy atom. The molecule has 0 saturated carbocycles. The van der Waals surface area contributed by atoms with Gasteiger partial charge in [-0.2, -0.15) is 0 Å². The van der Waals surface area contributed by atoms with E-state index < -0.39 is 18.0 Å². The zero-order valence-electron chi connectivity index (χ0n) is 11.7. The molecule has 114 valence electrons. The van der Waals surface area contributed by atoms with Crippen molar-refractivity contribution in [1.82, 2.24) is 10.6 Å². The summed E-state index contributed by atoms with van der Waals surface area (Å²) in [5, 5.41) is 14.3. The van der Waals surface area contributed by atoms with Crippen molar-refractivity contribution >= 4 is 12.0 Å². The largest absolute Gasteiger partial charge is 0.480 e. The molecule has 2 atom stereocenters. The van der Waals surface area contributed by atoms with Crippen molar-refractivity contribution in [3.8, 4) is 0 Å². The summed E-state index contributed by atoms with van der Waals surface area (Å²) >= 11 is 0. The van der Waals surface area contributed by atoms with E-state index in [9.17, 15) is 14.7 Å². The van der Waals surface area contributed by atoms with Crippen LogP contribution < -0.4 is 10.6 Å². The first-order valence-corrected chi connectivity index (χ1v) is 7.08. The van der Waals surface area contributed by atoms with Crippen molar-refractivity contribution in [2.24, 2.45) is 0 Å². The van der Waals surface area contributed by atoms with Crippen molar-refractivity contribution in [2.75, 3.05) is 13.2 Å². The average molecular weight is 292 g/mol. The quantitative estimate of drug-likeness (QED) is 0.734. The number of carboxylic acids is 1. The molecule has 1 aliphatic heterocycles. The summed E-state index contributed by atoms with van der Waals surface area (Å²) in [6.07, 6.45) is 2.21. The van der Waals surface area contributed by atoms with E-state index in [-0.39, 0.29) is 12.5 Å². The van der Waals surface area contributed by atoms with E-state index in [1.165, 1.54) is 0 Å². The molecule has 0 bridgehead atoms. The third kappa shape index (κ3) is 5.07. The van der Waals surface area contributed by atoms with E-state index in [2.05, 4.69) is 10.6 Å². The summed E-state index contributed by atoms with van der Waals surface area (Å²) < 4.78 is 5.39. The Hall–Kier alpha value is -2.08. The van der Waals surface area contributed by atoms with Gasteiger partial charge in [0.1, 0.15) is 6.04 Å². The first-order chi connectivity index (χ1) is 10.1. The topological polar surface area (TPSA) is 87.7 Å². The van der Waals surface area contributed by atoms with E-state index in [1.54, 1.807) is 0 Å². The number of nitrogens with one attached hydrogen (secondary N) is 2. The lowest BCUT2D eigenvalue weighted by atomic mass is 10.1. The lowest BCUT2D eigenvalue weighted by molar-refractivity contribution is -0.139. The Morgan fingerprint density at radius 3 is 2.71 bits per heavy atom. The Bertz CT molecular complexity index is 472. The van der Waals surface area contributed by atoms with E-state index >= 15 is 0 Å². The van der Waals surface area contributed by atoms with Crippen molar-refractivity contribution in [3.05, 3.63) is 35.9 Å². The highest BCUT2D eigenvalue weighted by Crippen LogP contribution is 2.10. The molecule has 1 aliphatic rings. The second-order valence-electron chi connectivity index (χ2n) is 5.07. The molecule has 2 amide bonds. The van der Waals surface area contributed by atoms with Gasteiger partial charge < -0.3 is 20.5 Å². The van der Waals surface area contributed by atoms with Crippen molar-refractivity contribution < 1.29 is 19.4 Å². The highest BCUT2D eigenvalue weighted by Gasteiger charge is 2.21. The summed E-state index contributed by atoms with van der Waals surface area (Å²) in [5.74, 6) is -1.05. The fourth-order valence-corrected chi connectivity index (χ4v) is 2.27. The van der Waals surface area contributed by atoms with Crippen LogP contribution in [0.5, 0.6) is 0 Å². The molecule has 1 unspecified atom stereocenters. The van der Waals surface area contributed by atoms with Crippen molar-refractivity contribution in [1.29, 1.82) is 0 Å². The fourth-order valence-electron chi connectivity index (χ4n) is 2.27. The average Bonchev–Trinajstić information content (AvgIpc) is 2.99. The predicted molar refractivity (Wildman–Crippen MR) is 77.1 cm³/mol. The van der Waals surface area contributed by atoms with Gasteiger partial charge in [-0.05, 0) is 18.4 Å². The van der Waals surface area contributed by atoms with Crippen molar-refractivity contribution in [3.63, 3.8) is 0 Å². The van der Waals surface area contributed by atoms with Gasteiger partial charge >= 0.3 is 12.0 Å². The minimum atomic E-state index is -1.05. The number of carbonyl (C=O) groups excluding carboxylic acids is 1. The SMILES string of the molecule is O=C(NCC1CCCO1)N[C@H](Cc1ccccc1)C(=O)O. The maximum Gasteiger partial charge on any atom is 0.326 e. The number of carboxylic acid groups (broad SMARTS) is 1. The van der Waals surface area contributed by atoms with Crippen LogP contribution in [0, 0.1) is 0 Å². The number of hydrogen-bond donors (Lipinski definition) is 3. The van der Waals surface area contributed by atoms with E-state index in [4.69, 9.17) is 4.74 Å². The second kappa shape index (κ2) is 7.64. The van der Waals surface area contributed by atoms with Crippen LogP contribution in [-0.4, -0.2) is 42.4 Å². The molecule has 1 aromatic carbocycles. The molecule has 2 rings (SSSR count). The Morgan fingerprint density at radius 2 is 2.10 bits per heavy atom. The zero-order valence-corrected chi connectivity index (χ0v) is 11.7. The number of benzene rings is 1. The van der Waals surface area contributed by atoms with E-state index in [0.717, 1.165) is 25.0 Å². The number of urea groups is 1. The summed E-state index contributed by atoms with van der Waals surface area (Å²) in [7, 11) is 0. The maximum absolute atomic E-state index is 11.8. The second-order valence-corrected chi connectivity index (χ2v) is 5.07. The van der Waals surface area contributed by atoms with Gasteiger partial charge in [-0.1, -0.05) is 30.3 Å². The van der Waals surface area contributed by atoms with Gasteiger partial charge in [-0.15, -0.1) is 0 Å². The minimum Gasteiger partial charge on any atom is -0.480 e. The van der Waals surface area contributed by atoms with Crippen LogP contribution in [0.2, 0.25) is 0 Å². The Labute approximate surface area is 123 Å². The van der Waals surface area contributed by atoms with Crippen LogP contribution >= 0.6 is 0 Å². The van der Waals surface area contributed by atoms with Crippen molar-refractivity contribution in [2.45, 2.75) is 31.4 Å². The van der Waals surface area contributed by atoms with Gasteiger partial charge in [-0.25, -0.2) is 9.59 Å². The molecule has 1 heterocycles. The standard InChI is InChI=1S/C15H20N2O4/c18-14(19)13(9-11-5-2-1-3-6-11)17-15(20)16-10-12-7-4-8-21-12/h1-3,5-6,12-13H,4,7-10H2,(H,18,19)(H2,16,17,20)/t12?,13-/m1/s1. The summed E-state index contributed by atoms with van der Waals surface area (Å²) in [6, 6.07) is 7.79. The molecular formula is C15H20N2O4.